The maximum atomic E-state index is 11.9. The number of nitriles is 1. The Kier molecular flexibility index (Phi) is 4.62. The van der Waals surface area contributed by atoms with Crippen LogP contribution in [0.3, 0.4) is 0 Å². The monoisotopic (exact) mass is 239 g/mol. The van der Waals surface area contributed by atoms with Gasteiger partial charge >= 0.3 is 0 Å². The van der Waals surface area contributed by atoms with E-state index >= 15 is 0 Å². The van der Waals surface area contributed by atoms with Crippen molar-refractivity contribution in [2.75, 3.05) is 0 Å². The molecule has 0 radical (unpaired) electrons. The van der Waals surface area contributed by atoms with E-state index in [-0.39, 0.29) is 11.4 Å². The zero-order chi connectivity index (χ0) is 13.6. The van der Waals surface area contributed by atoms with Crippen molar-refractivity contribution in [2.45, 2.75) is 20.8 Å². The second-order valence-corrected chi connectivity index (χ2v) is 5.04. The van der Waals surface area contributed by atoms with Gasteiger partial charge in [0.15, 0.2) is 5.78 Å². The van der Waals surface area contributed by atoms with Gasteiger partial charge in [-0.2, -0.15) is 5.26 Å². The van der Waals surface area contributed by atoms with Crippen molar-refractivity contribution >= 4 is 11.9 Å². The highest BCUT2D eigenvalue weighted by molar-refractivity contribution is 6.02. The Hall–Kier alpha value is -2.14. The molecule has 0 bridgehead atoms. The van der Waals surface area contributed by atoms with Crippen LogP contribution in [0.15, 0.2) is 48.1 Å². The van der Waals surface area contributed by atoms with E-state index in [1.165, 1.54) is 0 Å². The highest BCUT2D eigenvalue weighted by Crippen LogP contribution is 2.19. The molecule has 0 spiro atoms. The largest absolute Gasteiger partial charge is 0.293 e. The molecule has 0 atom stereocenters. The van der Waals surface area contributed by atoms with Gasteiger partial charge in [-0.1, -0.05) is 63.3 Å². The Morgan fingerprint density at radius 2 is 1.83 bits per heavy atom. The first-order valence-corrected chi connectivity index (χ1v) is 5.83. The molecule has 1 aromatic rings. The van der Waals surface area contributed by atoms with Gasteiger partial charge in [0.25, 0.3) is 0 Å². The van der Waals surface area contributed by atoms with Gasteiger partial charge in [-0.15, -0.1) is 0 Å². The summed E-state index contributed by atoms with van der Waals surface area (Å²) in [6, 6.07) is 11.7. The Balaban J connectivity index is 2.86. The lowest BCUT2D eigenvalue weighted by atomic mass is 9.86. The predicted molar refractivity (Wildman–Crippen MR) is 73.6 cm³/mol. The first-order valence-electron chi connectivity index (χ1n) is 5.83. The first kappa shape index (κ1) is 13.9. The average molecular weight is 239 g/mol. The molecule has 0 aliphatic carbocycles. The van der Waals surface area contributed by atoms with Crippen LogP contribution >= 0.6 is 0 Å². The number of Topliss-reactive ketones (excluding diaryl/α,β-unsaturated/α-hetero) is 1. The van der Waals surface area contributed by atoms with Gasteiger partial charge in [0, 0.05) is 5.41 Å². The van der Waals surface area contributed by atoms with Gasteiger partial charge in [0.2, 0.25) is 0 Å². The molecular formula is C16H17NO. The fraction of sp³-hybridized carbons (Fsp3) is 0.250. The third-order valence-corrected chi connectivity index (χ3v) is 2.40. The van der Waals surface area contributed by atoms with Crippen molar-refractivity contribution in [1.82, 2.24) is 0 Å². The highest BCUT2D eigenvalue weighted by atomic mass is 16.1. The lowest BCUT2D eigenvalue weighted by Gasteiger charge is -2.14. The number of rotatable bonds is 3. The molecule has 0 aromatic heterocycles. The quantitative estimate of drug-likeness (QED) is 0.457. The van der Waals surface area contributed by atoms with Crippen molar-refractivity contribution in [2.24, 2.45) is 5.41 Å². The summed E-state index contributed by atoms with van der Waals surface area (Å²) in [7, 11) is 0. The van der Waals surface area contributed by atoms with Crippen molar-refractivity contribution in [3.8, 4) is 6.07 Å². The molecule has 0 aliphatic rings. The fourth-order valence-electron chi connectivity index (χ4n) is 1.39. The van der Waals surface area contributed by atoms with Gasteiger partial charge in [-0.3, -0.25) is 4.79 Å². The summed E-state index contributed by atoms with van der Waals surface area (Å²) in [5.74, 6) is -0.136. The summed E-state index contributed by atoms with van der Waals surface area (Å²) >= 11 is 0. The Morgan fingerprint density at radius 3 is 2.33 bits per heavy atom. The lowest BCUT2D eigenvalue weighted by Crippen LogP contribution is -2.21. The van der Waals surface area contributed by atoms with Crippen LogP contribution in [0.1, 0.15) is 26.3 Å². The number of ketones is 1. The third kappa shape index (κ3) is 4.03. The Morgan fingerprint density at radius 1 is 1.22 bits per heavy atom. The van der Waals surface area contributed by atoms with Gasteiger partial charge in [-0.05, 0) is 11.6 Å². The van der Waals surface area contributed by atoms with Crippen LogP contribution in [0.5, 0.6) is 0 Å². The number of carbonyl (C=O) groups is 1. The summed E-state index contributed by atoms with van der Waals surface area (Å²) in [5.41, 5.74) is 0.700. The van der Waals surface area contributed by atoms with E-state index in [0.29, 0.717) is 0 Å². The molecule has 0 fully saturated rings. The lowest BCUT2D eigenvalue weighted by molar-refractivity contribution is -0.122. The minimum Gasteiger partial charge on any atom is -0.293 e. The van der Waals surface area contributed by atoms with Crippen LogP contribution < -0.4 is 0 Å². The van der Waals surface area contributed by atoms with Gasteiger partial charge < -0.3 is 0 Å². The Labute approximate surface area is 108 Å². The molecule has 1 rings (SSSR count). The zero-order valence-corrected chi connectivity index (χ0v) is 11.0. The molecule has 0 N–H and O–H groups in total. The fourth-order valence-corrected chi connectivity index (χ4v) is 1.39. The molecule has 0 saturated carbocycles. The van der Waals surface area contributed by atoms with E-state index in [1.807, 2.05) is 42.5 Å². The van der Waals surface area contributed by atoms with E-state index in [4.69, 9.17) is 5.26 Å². The van der Waals surface area contributed by atoms with Crippen LogP contribution in [0.2, 0.25) is 0 Å². The number of benzene rings is 1. The summed E-state index contributed by atoms with van der Waals surface area (Å²) in [6.45, 7) is 5.42. The number of nitrogens with zero attached hydrogens (tertiary/aromatic N) is 1. The van der Waals surface area contributed by atoms with Gasteiger partial charge in [0.1, 0.15) is 6.07 Å². The number of allylic oxidation sites excluding steroid dienone is 3. The highest BCUT2D eigenvalue weighted by Gasteiger charge is 2.24. The maximum absolute atomic E-state index is 11.9. The van der Waals surface area contributed by atoms with Gasteiger partial charge in [-0.25, -0.2) is 0 Å². The molecule has 18 heavy (non-hydrogen) atoms. The van der Waals surface area contributed by atoms with E-state index in [9.17, 15) is 4.79 Å². The molecule has 2 heteroatoms. The molecule has 92 valence electrons. The minimum absolute atomic E-state index is 0.136. The normalized spacial score (nSPS) is 12.4. The number of hydrogen-bond acceptors (Lipinski definition) is 2. The van der Waals surface area contributed by atoms with Crippen molar-refractivity contribution in [1.29, 1.82) is 5.26 Å². The summed E-state index contributed by atoms with van der Waals surface area (Å²) in [6.07, 6.45) is 5.17. The second kappa shape index (κ2) is 5.97. The van der Waals surface area contributed by atoms with Crippen LogP contribution in [0, 0.1) is 16.7 Å². The van der Waals surface area contributed by atoms with Crippen molar-refractivity contribution in [3.05, 3.63) is 53.6 Å². The summed E-state index contributed by atoms with van der Waals surface area (Å²) in [5, 5.41) is 8.98. The topological polar surface area (TPSA) is 40.9 Å². The molecule has 2 nitrogen and oxygen atoms in total. The maximum Gasteiger partial charge on any atom is 0.178 e. The standard InChI is InChI=1S/C16H17NO/c1-16(2,3)15(18)14(12-17)11-7-10-13-8-5-4-6-9-13/h4-11H,1-3H3/b10-7+,14-11-. The Bertz CT molecular complexity index is 510. The molecule has 0 unspecified atom stereocenters. The zero-order valence-electron chi connectivity index (χ0n) is 11.0. The molecule has 0 heterocycles. The van der Waals surface area contributed by atoms with Crippen LogP contribution in [0.25, 0.3) is 6.08 Å². The average Bonchev–Trinajstić information content (AvgIpc) is 2.34. The molecule has 0 aliphatic heterocycles. The van der Waals surface area contributed by atoms with Crippen LogP contribution in [-0.4, -0.2) is 5.78 Å². The SMILES string of the molecule is CC(C)(C)C(=O)/C(C#N)=C\C=C\c1ccccc1. The first-order chi connectivity index (χ1) is 8.45. The van der Waals surface area contributed by atoms with Crippen LogP contribution in [0.4, 0.5) is 0 Å². The van der Waals surface area contributed by atoms with E-state index in [0.717, 1.165) is 5.56 Å². The molecule has 0 saturated heterocycles. The van der Waals surface area contributed by atoms with Crippen molar-refractivity contribution < 1.29 is 4.79 Å². The van der Waals surface area contributed by atoms with E-state index in [1.54, 1.807) is 32.9 Å². The van der Waals surface area contributed by atoms with E-state index in [2.05, 4.69) is 0 Å². The predicted octanol–water partition coefficient (Wildman–Crippen LogP) is 3.76. The number of hydrogen-bond donors (Lipinski definition) is 0. The van der Waals surface area contributed by atoms with Crippen molar-refractivity contribution in [3.63, 3.8) is 0 Å². The minimum atomic E-state index is -0.526. The summed E-state index contributed by atoms with van der Waals surface area (Å²) < 4.78 is 0. The van der Waals surface area contributed by atoms with Gasteiger partial charge in [0.05, 0.1) is 5.57 Å². The third-order valence-electron chi connectivity index (χ3n) is 2.40. The molecule has 1 aromatic carbocycles. The molecular weight excluding hydrogens is 222 g/mol. The summed E-state index contributed by atoms with van der Waals surface area (Å²) in [4.78, 5) is 11.9. The number of carbonyl (C=O) groups excluding carboxylic acids is 1. The van der Waals surface area contributed by atoms with Crippen LogP contribution in [-0.2, 0) is 4.79 Å². The smallest absolute Gasteiger partial charge is 0.178 e. The molecule has 0 amide bonds. The van der Waals surface area contributed by atoms with E-state index < -0.39 is 5.41 Å². The second-order valence-electron chi connectivity index (χ2n) is 5.04.